The Bertz CT molecular complexity index is 1130. The number of fused-ring (bicyclic) bond motifs is 3. The summed E-state index contributed by atoms with van der Waals surface area (Å²) in [5, 5.41) is 4.79. The maximum absolute atomic E-state index is 13.1. The lowest BCUT2D eigenvalue weighted by Crippen LogP contribution is -2.47. The van der Waals surface area contributed by atoms with E-state index in [0.717, 1.165) is 68.6 Å². The molecular weight excluding hydrogens is 418 g/mol. The van der Waals surface area contributed by atoms with Crippen molar-refractivity contribution in [2.75, 3.05) is 19.8 Å². The zero-order valence-electron chi connectivity index (χ0n) is 19.1. The van der Waals surface area contributed by atoms with Crippen molar-refractivity contribution < 1.29 is 4.74 Å². The van der Waals surface area contributed by atoms with Crippen molar-refractivity contribution in [1.29, 1.82) is 0 Å². The predicted molar refractivity (Wildman–Crippen MR) is 131 cm³/mol. The molecule has 0 bridgehead atoms. The summed E-state index contributed by atoms with van der Waals surface area (Å²) in [4.78, 5) is 20.0. The fourth-order valence-electron chi connectivity index (χ4n) is 5.36. The molecule has 3 aromatic rings. The highest BCUT2D eigenvalue weighted by Crippen LogP contribution is 2.36. The molecule has 1 unspecified atom stereocenters. The van der Waals surface area contributed by atoms with Crippen LogP contribution in [0.15, 0.2) is 41.5 Å². The van der Waals surface area contributed by atoms with E-state index in [1.54, 1.807) is 22.2 Å². The smallest absolute Gasteiger partial charge is 0.262 e. The highest BCUT2D eigenvalue weighted by molar-refractivity contribution is 7.18. The van der Waals surface area contributed by atoms with Crippen LogP contribution in [0.5, 0.6) is 0 Å². The fraction of sp³-hybridized carbons (Fsp3) is 0.538. The van der Waals surface area contributed by atoms with Gasteiger partial charge in [0.05, 0.1) is 11.7 Å². The van der Waals surface area contributed by atoms with Gasteiger partial charge < -0.3 is 10.1 Å². The number of aryl methyl sites for hydroxylation is 1. The number of nitrogens with one attached hydrogen (secondary N) is 1. The van der Waals surface area contributed by atoms with Gasteiger partial charge in [0.2, 0.25) is 0 Å². The first-order valence-electron chi connectivity index (χ1n) is 11.9. The number of ether oxygens (including phenoxy) is 1. The number of aromatic nitrogens is 2. The lowest BCUT2D eigenvalue weighted by atomic mass is 9.74. The molecule has 5 nitrogen and oxygen atoms in total. The average molecular weight is 452 g/mol. The highest BCUT2D eigenvalue weighted by Gasteiger charge is 2.35. The second-order valence-electron chi connectivity index (χ2n) is 9.86. The van der Waals surface area contributed by atoms with Gasteiger partial charge in [-0.1, -0.05) is 44.2 Å². The zero-order chi connectivity index (χ0) is 22.1. The third kappa shape index (κ3) is 4.16. The molecule has 1 atom stereocenters. The van der Waals surface area contributed by atoms with E-state index in [2.05, 4.69) is 54.5 Å². The maximum atomic E-state index is 13.1. The topological polar surface area (TPSA) is 56.2 Å². The second-order valence-corrected chi connectivity index (χ2v) is 10.9. The van der Waals surface area contributed by atoms with Crippen LogP contribution in [0.1, 0.15) is 49.1 Å². The Hall–Kier alpha value is -2.02. The van der Waals surface area contributed by atoms with Crippen LogP contribution < -0.4 is 10.9 Å². The van der Waals surface area contributed by atoms with Crippen molar-refractivity contribution in [3.8, 4) is 0 Å². The van der Waals surface area contributed by atoms with Gasteiger partial charge in [0, 0.05) is 42.6 Å². The lowest BCUT2D eigenvalue weighted by Gasteiger charge is -2.39. The van der Waals surface area contributed by atoms with Gasteiger partial charge in [0.25, 0.3) is 5.56 Å². The Kier molecular flexibility index (Phi) is 6.19. The molecular formula is C26H33N3O2S. The van der Waals surface area contributed by atoms with Crippen LogP contribution in [0, 0.1) is 5.92 Å². The van der Waals surface area contributed by atoms with Gasteiger partial charge in [-0.3, -0.25) is 9.36 Å². The van der Waals surface area contributed by atoms with Crippen LogP contribution in [-0.2, 0) is 29.5 Å². The number of rotatable bonds is 6. The third-order valence-corrected chi connectivity index (χ3v) is 8.33. The van der Waals surface area contributed by atoms with E-state index < -0.39 is 0 Å². The number of thiophene rings is 1. The molecule has 0 amide bonds. The largest absolute Gasteiger partial charge is 0.381 e. The van der Waals surface area contributed by atoms with Crippen molar-refractivity contribution >= 4 is 21.6 Å². The Morgan fingerprint density at radius 2 is 2.03 bits per heavy atom. The van der Waals surface area contributed by atoms with Gasteiger partial charge in [-0.25, -0.2) is 4.98 Å². The van der Waals surface area contributed by atoms with Crippen LogP contribution in [0.3, 0.4) is 0 Å². The summed E-state index contributed by atoms with van der Waals surface area (Å²) in [6.45, 7) is 7.63. The van der Waals surface area contributed by atoms with Gasteiger partial charge in [0.15, 0.2) is 0 Å². The van der Waals surface area contributed by atoms with Gasteiger partial charge in [0.1, 0.15) is 4.83 Å². The number of hydrogen-bond acceptors (Lipinski definition) is 5. The summed E-state index contributed by atoms with van der Waals surface area (Å²) in [5.74, 6) is 0.428. The molecule has 0 radical (unpaired) electrons. The molecule has 1 aliphatic heterocycles. The van der Waals surface area contributed by atoms with Crippen LogP contribution in [0.2, 0.25) is 0 Å². The molecule has 0 spiro atoms. The fourth-order valence-corrected chi connectivity index (χ4v) is 6.62. The number of nitrogens with zero attached hydrogens (tertiary/aromatic N) is 2. The molecule has 32 heavy (non-hydrogen) atoms. The minimum absolute atomic E-state index is 0.137. The second kappa shape index (κ2) is 9.08. The van der Waals surface area contributed by atoms with Gasteiger partial charge in [-0.15, -0.1) is 11.3 Å². The van der Waals surface area contributed by atoms with E-state index in [1.165, 1.54) is 16.0 Å². The quantitative estimate of drug-likeness (QED) is 0.607. The standard InChI is InChI=1S/C26H33N3O2S/c1-18(2)15-29-17-28-24-23(25(29)30)21-9-8-20(14-22(21)32-24)27-16-26(10-12-31-13-11-26)19-6-4-3-5-7-19/h3-7,17-18,20,27H,8-16H2,1-2H3. The Morgan fingerprint density at radius 3 is 2.78 bits per heavy atom. The molecule has 1 fully saturated rings. The third-order valence-electron chi connectivity index (χ3n) is 7.16. The summed E-state index contributed by atoms with van der Waals surface area (Å²) < 4.78 is 7.49. The van der Waals surface area contributed by atoms with E-state index >= 15 is 0 Å². The summed E-state index contributed by atoms with van der Waals surface area (Å²) >= 11 is 1.72. The van der Waals surface area contributed by atoms with Crippen LogP contribution in [0.4, 0.5) is 0 Å². The molecule has 1 N–H and O–H groups in total. The van der Waals surface area contributed by atoms with E-state index in [4.69, 9.17) is 4.74 Å². The molecule has 6 heteroatoms. The lowest BCUT2D eigenvalue weighted by molar-refractivity contribution is 0.0487. The molecule has 0 saturated carbocycles. The van der Waals surface area contributed by atoms with Gasteiger partial charge >= 0.3 is 0 Å². The van der Waals surface area contributed by atoms with Crippen LogP contribution >= 0.6 is 11.3 Å². The van der Waals surface area contributed by atoms with E-state index in [9.17, 15) is 4.79 Å². The highest BCUT2D eigenvalue weighted by atomic mass is 32.1. The first kappa shape index (κ1) is 21.8. The minimum Gasteiger partial charge on any atom is -0.381 e. The Labute approximate surface area is 193 Å². The molecule has 1 aliphatic carbocycles. The molecule has 2 aliphatic rings. The molecule has 3 heterocycles. The van der Waals surface area contributed by atoms with Gasteiger partial charge in [-0.2, -0.15) is 0 Å². The Morgan fingerprint density at radius 1 is 1.25 bits per heavy atom. The van der Waals surface area contributed by atoms with Crippen molar-refractivity contribution in [1.82, 2.24) is 14.9 Å². The number of benzene rings is 1. The molecule has 5 rings (SSSR count). The SMILES string of the molecule is CC(C)Cn1cnc2sc3c(c2c1=O)CCC(NCC1(c2ccccc2)CCOCC1)C3. The molecule has 2 aromatic heterocycles. The normalized spacial score (nSPS) is 20.5. The maximum Gasteiger partial charge on any atom is 0.262 e. The van der Waals surface area contributed by atoms with Crippen LogP contribution in [-0.4, -0.2) is 35.4 Å². The molecule has 1 saturated heterocycles. The summed E-state index contributed by atoms with van der Waals surface area (Å²) in [5.41, 5.74) is 2.95. The predicted octanol–water partition coefficient (Wildman–Crippen LogP) is 4.31. The monoisotopic (exact) mass is 451 g/mol. The van der Waals surface area contributed by atoms with E-state index in [-0.39, 0.29) is 11.0 Å². The van der Waals surface area contributed by atoms with E-state index in [1.807, 2.05) is 0 Å². The Balaban J connectivity index is 1.35. The van der Waals surface area contributed by atoms with Crippen molar-refractivity contribution in [2.24, 2.45) is 5.92 Å². The van der Waals surface area contributed by atoms with Crippen LogP contribution in [0.25, 0.3) is 10.2 Å². The molecule has 170 valence electrons. The zero-order valence-corrected chi connectivity index (χ0v) is 19.9. The van der Waals surface area contributed by atoms with E-state index in [0.29, 0.717) is 12.0 Å². The minimum atomic E-state index is 0.137. The first-order valence-corrected chi connectivity index (χ1v) is 12.7. The summed E-state index contributed by atoms with van der Waals surface area (Å²) in [7, 11) is 0. The summed E-state index contributed by atoms with van der Waals surface area (Å²) in [6, 6.07) is 11.4. The summed E-state index contributed by atoms with van der Waals surface area (Å²) in [6.07, 6.45) is 6.86. The first-order chi connectivity index (χ1) is 15.6. The number of hydrogen-bond donors (Lipinski definition) is 1. The molecule has 1 aromatic carbocycles. The van der Waals surface area contributed by atoms with Gasteiger partial charge in [-0.05, 0) is 49.1 Å². The van der Waals surface area contributed by atoms with Crippen molar-refractivity contribution in [3.63, 3.8) is 0 Å². The van der Waals surface area contributed by atoms with Crippen molar-refractivity contribution in [2.45, 2.75) is 64.0 Å². The van der Waals surface area contributed by atoms with Crippen molar-refractivity contribution in [3.05, 3.63) is 63.0 Å². The average Bonchev–Trinajstić information content (AvgIpc) is 3.19.